The van der Waals surface area contributed by atoms with E-state index in [1.54, 1.807) is 43.4 Å². The number of aromatic amines is 2. The van der Waals surface area contributed by atoms with E-state index in [-0.39, 0.29) is 0 Å². The maximum Gasteiger partial charge on any atom is 0.231 e. The minimum Gasteiger partial charge on any atom is -0.446 e. The second-order valence-electron chi connectivity index (χ2n) is 9.50. The molecule has 0 saturated heterocycles. The average molecular weight is 666 g/mol. The van der Waals surface area contributed by atoms with Crippen LogP contribution in [0.5, 0.6) is 0 Å². The van der Waals surface area contributed by atoms with Gasteiger partial charge in [0.05, 0.1) is 33.5 Å². The van der Waals surface area contributed by atoms with Crippen LogP contribution in [0.15, 0.2) is 106 Å². The van der Waals surface area contributed by atoms with Gasteiger partial charge in [-0.05, 0) is 41.4 Å². The molecule has 19 heteroatoms. The third kappa shape index (κ3) is 4.59. The number of H-pyrrole nitrogens is 2. The Labute approximate surface area is 268 Å². The van der Waals surface area contributed by atoms with Gasteiger partial charge in [0.1, 0.15) is 40.3 Å². The molecule has 0 radical (unpaired) electrons. The number of hydrogen-bond donors (Lipinski definition) is 2. The van der Waals surface area contributed by atoms with Crippen LogP contribution in [0.25, 0.3) is 56.1 Å². The summed E-state index contributed by atoms with van der Waals surface area (Å²) in [6.07, 6.45) is 14.6. The number of fused-ring (bicyclic) bond motifs is 3. The van der Waals surface area contributed by atoms with Crippen molar-refractivity contribution in [2.24, 2.45) is 7.05 Å². The maximum atomic E-state index is 6.08. The van der Waals surface area contributed by atoms with Crippen LogP contribution in [0.1, 0.15) is 0 Å². The summed E-state index contributed by atoms with van der Waals surface area (Å²) in [5, 5.41) is 13.7. The second-order valence-corrected chi connectivity index (χ2v) is 12.4. The minimum absolute atomic E-state index is 0.315. The van der Waals surface area contributed by atoms with Gasteiger partial charge in [-0.2, -0.15) is 9.97 Å². The SMILES string of the molecule is Cn1ccnc1Sc1nc(-c2coc3ncnc(Sc4ncc[nH]4)c23)nc2occ(-c3nc(Sc4nnc[nH]4)c4ccoc4n3)c12. The van der Waals surface area contributed by atoms with Gasteiger partial charge in [-0.1, -0.05) is 0 Å². The summed E-state index contributed by atoms with van der Waals surface area (Å²) >= 11 is 4.00. The van der Waals surface area contributed by atoms with E-state index in [0.29, 0.717) is 81.2 Å². The molecule has 46 heavy (non-hydrogen) atoms. The predicted molar refractivity (Wildman–Crippen MR) is 164 cm³/mol. The summed E-state index contributed by atoms with van der Waals surface area (Å²) in [5.74, 6) is 0.712. The lowest BCUT2D eigenvalue weighted by atomic mass is 10.2. The highest BCUT2D eigenvalue weighted by Crippen LogP contribution is 2.42. The summed E-state index contributed by atoms with van der Waals surface area (Å²) < 4.78 is 19.5. The summed E-state index contributed by atoms with van der Waals surface area (Å²) in [6, 6.07) is 1.81. The molecule has 0 saturated carbocycles. The van der Waals surface area contributed by atoms with Gasteiger partial charge in [-0.3, -0.25) is 0 Å². The molecule has 9 aromatic heterocycles. The fourth-order valence-electron chi connectivity index (χ4n) is 4.66. The third-order valence-corrected chi connectivity index (χ3v) is 9.61. The Hall–Kier alpha value is -5.53. The van der Waals surface area contributed by atoms with Crippen LogP contribution in [0, 0.1) is 0 Å². The lowest BCUT2D eigenvalue weighted by Crippen LogP contribution is -1.97. The lowest BCUT2D eigenvalue weighted by Gasteiger charge is -2.07. The molecule has 0 aliphatic carbocycles. The molecule has 0 amide bonds. The molecule has 0 aromatic carbocycles. The van der Waals surface area contributed by atoms with Gasteiger partial charge >= 0.3 is 0 Å². The number of aromatic nitrogens is 13. The average Bonchev–Trinajstić information content (AvgIpc) is 3.90. The fourth-order valence-corrected chi connectivity index (χ4v) is 7.18. The van der Waals surface area contributed by atoms with Gasteiger partial charge in [0.2, 0.25) is 17.1 Å². The third-order valence-electron chi connectivity index (χ3n) is 6.73. The van der Waals surface area contributed by atoms with E-state index in [2.05, 4.69) is 40.1 Å². The topological polar surface area (TPSA) is 205 Å². The van der Waals surface area contributed by atoms with Crippen LogP contribution >= 0.6 is 35.3 Å². The van der Waals surface area contributed by atoms with Crippen molar-refractivity contribution in [3.63, 3.8) is 0 Å². The molecule has 9 aromatic rings. The number of rotatable bonds is 8. The van der Waals surface area contributed by atoms with E-state index in [1.165, 1.54) is 47.9 Å². The highest BCUT2D eigenvalue weighted by atomic mass is 32.2. The van der Waals surface area contributed by atoms with Crippen LogP contribution in [0.4, 0.5) is 0 Å². The quantitative estimate of drug-likeness (QED) is 0.188. The first-order valence-corrected chi connectivity index (χ1v) is 15.8. The molecule has 0 spiro atoms. The Kier molecular flexibility index (Phi) is 6.31. The summed E-state index contributed by atoms with van der Waals surface area (Å²) in [5.41, 5.74) is 2.27. The summed E-state index contributed by atoms with van der Waals surface area (Å²) in [4.78, 5) is 43.1. The van der Waals surface area contributed by atoms with Gasteiger partial charge < -0.3 is 27.8 Å². The standard InChI is InChI=1S/C27H15N13O3S3/c1-40-6-5-30-27(40)46-24-16-14(17-35-19-12(2-7-41-19)22(37-17)44-26-33-11-34-39-26)9-43-21(16)36-18(38-24)13-8-42-20-15(13)23(32-10-31-20)45-25-28-3-4-29-25/h2-11H,1H3,(H,28,29)(H,33,34,39). The molecule has 0 aliphatic heterocycles. The maximum absolute atomic E-state index is 6.08. The van der Waals surface area contributed by atoms with Crippen molar-refractivity contribution in [2.45, 2.75) is 30.5 Å². The van der Waals surface area contributed by atoms with Crippen LogP contribution in [0.2, 0.25) is 0 Å². The van der Waals surface area contributed by atoms with Crippen molar-refractivity contribution in [1.29, 1.82) is 0 Å². The Morgan fingerprint density at radius 3 is 2.30 bits per heavy atom. The van der Waals surface area contributed by atoms with Crippen LogP contribution < -0.4 is 0 Å². The van der Waals surface area contributed by atoms with E-state index in [0.717, 1.165) is 5.39 Å². The van der Waals surface area contributed by atoms with Gasteiger partial charge in [-0.25, -0.2) is 29.9 Å². The Bertz CT molecular complexity index is 2500. The van der Waals surface area contributed by atoms with E-state index < -0.39 is 0 Å². The first-order valence-electron chi connectivity index (χ1n) is 13.3. The number of nitrogens with one attached hydrogen (secondary N) is 2. The molecule has 0 bridgehead atoms. The van der Waals surface area contributed by atoms with Crippen molar-refractivity contribution in [2.75, 3.05) is 0 Å². The molecule has 9 rings (SSSR count). The predicted octanol–water partition coefficient (Wildman–Crippen LogP) is 5.66. The van der Waals surface area contributed by atoms with Crippen molar-refractivity contribution in [1.82, 2.24) is 64.6 Å². The van der Waals surface area contributed by atoms with Gasteiger partial charge in [0.15, 0.2) is 27.1 Å². The zero-order valence-electron chi connectivity index (χ0n) is 23.1. The molecule has 0 atom stereocenters. The lowest BCUT2D eigenvalue weighted by molar-refractivity contribution is 0.598. The van der Waals surface area contributed by atoms with Gasteiger partial charge in [0.25, 0.3) is 0 Å². The highest BCUT2D eigenvalue weighted by Gasteiger charge is 2.25. The number of furan rings is 3. The van der Waals surface area contributed by atoms with Crippen molar-refractivity contribution in [3.8, 4) is 22.8 Å². The highest BCUT2D eigenvalue weighted by molar-refractivity contribution is 7.99. The zero-order valence-corrected chi connectivity index (χ0v) is 25.6. The van der Waals surface area contributed by atoms with Crippen molar-refractivity contribution < 1.29 is 13.3 Å². The number of nitrogens with zero attached hydrogens (tertiary/aromatic N) is 11. The fraction of sp³-hybridized carbons (Fsp3) is 0.0370. The monoisotopic (exact) mass is 665 g/mol. The van der Waals surface area contributed by atoms with Crippen LogP contribution in [-0.2, 0) is 7.05 Å². The summed E-state index contributed by atoms with van der Waals surface area (Å²) in [7, 11) is 1.91. The normalized spacial score (nSPS) is 11.8. The van der Waals surface area contributed by atoms with Crippen LogP contribution in [-0.4, -0.2) is 64.6 Å². The van der Waals surface area contributed by atoms with E-state index in [1.807, 2.05) is 17.8 Å². The molecule has 224 valence electrons. The van der Waals surface area contributed by atoms with Gasteiger partial charge in [0, 0.05) is 31.8 Å². The van der Waals surface area contributed by atoms with Crippen LogP contribution in [0.3, 0.4) is 0 Å². The number of imidazole rings is 2. The van der Waals surface area contributed by atoms with Crippen molar-refractivity contribution >= 4 is 68.6 Å². The molecule has 0 aliphatic rings. The Balaban J connectivity index is 1.23. The van der Waals surface area contributed by atoms with E-state index >= 15 is 0 Å². The Morgan fingerprint density at radius 1 is 0.717 bits per heavy atom. The largest absolute Gasteiger partial charge is 0.446 e. The minimum atomic E-state index is 0.315. The number of aryl methyl sites for hydroxylation is 1. The molecule has 16 nitrogen and oxygen atoms in total. The summed E-state index contributed by atoms with van der Waals surface area (Å²) in [6.45, 7) is 0. The zero-order chi connectivity index (χ0) is 30.6. The molecule has 2 N–H and O–H groups in total. The molecular weight excluding hydrogens is 651 g/mol. The molecule has 0 unspecified atom stereocenters. The first kappa shape index (κ1) is 26.8. The molecule has 9 heterocycles. The Morgan fingerprint density at radius 2 is 1.52 bits per heavy atom. The second kappa shape index (κ2) is 10.8. The number of hydrogen-bond acceptors (Lipinski definition) is 16. The molecular formula is C27H15N13O3S3. The van der Waals surface area contributed by atoms with Crippen molar-refractivity contribution in [3.05, 3.63) is 62.3 Å². The van der Waals surface area contributed by atoms with E-state index in [4.69, 9.17) is 33.2 Å². The van der Waals surface area contributed by atoms with E-state index in [9.17, 15) is 0 Å². The smallest absolute Gasteiger partial charge is 0.231 e. The molecule has 0 fully saturated rings. The van der Waals surface area contributed by atoms with Gasteiger partial charge in [-0.15, -0.1) is 10.2 Å². The first-order chi connectivity index (χ1) is 22.7.